The number of anilines is 1. The molecule has 0 amide bonds. The molecule has 0 aromatic heterocycles. The molecule has 0 atom stereocenters. The van der Waals surface area contributed by atoms with E-state index in [0.29, 0.717) is 11.9 Å². The first-order valence-corrected chi connectivity index (χ1v) is 8.62. The molecule has 1 aliphatic heterocycles. The molecular weight excluding hydrogens is 413 g/mol. The van der Waals surface area contributed by atoms with E-state index in [1.165, 1.54) is 18.5 Å². The molecule has 2 rings (SSSR count). The van der Waals surface area contributed by atoms with E-state index in [1.54, 1.807) is 0 Å². The van der Waals surface area contributed by atoms with Crippen LogP contribution in [0.5, 0.6) is 0 Å². The Hall–Kier alpha value is -0.860. The molecule has 6 heteroatoms. The predicted octanol–water partition coefficient (Wildman–Crippen LogP) is 2.79. The van der Waals surface area contributed by atoms with Crippen molar-refractivity contribution < 1.29 is 0 Å². The Balaban J connectivity index is 0.00000288. The number of hydrogen-bond acceptors (Lipinski definition) is 3. The van der Waals surface area contributed by atoms with E-state index < -0.39 is 0 Å². The molecule has 5 nitrogen and oxygen atoms in total. The predicted molar refractivity (Wildman–Crippen MR) is 115 cm³/mol. The number of rotatable bonds is 5. The average molecular weight is 445 g/mol. The van der Waals surface area contributed by atoms with E-state index in [2.05, 4.69) is 59.2 Å². The standard InChI is InChI=1S/C18H31N5.HI/c1-15(2)16-6-4-7-17(14-16)21-18(19)20-8-11-23-10-5-9-22(3)12-13-23;/h4,6-7,14-15H,5,8-13H2,1-3H3,(H3,19,20,21);1H. The first-order valence-electron chi connectivity index (χ1n) is 8.62. The van der Waals surface area contributed by atoms with E-state index >= 15 is 0 Å². The number of nitrogens with zero attached hydrogens (tertiary/aromatic N) is 3. The Morgan fingerprint density at radius 3 is 2.79 bits per heavy atom. The average Bonchev–Trinajstić information content (AvgIpc) is 2.72. The molecule has 1 aliphatic rings. The summed E-state index contributed by atoms with van der Waals surface area (Å²) in [6, 6.07) is 8.36. The SMILES string of the molecule is CC(C)c1cccc(NC(N)=NCCN2CCCN(C)CC2)c1.I. The maximum Gasteiger partial charge on any atom is 0.193 e. The van der Waals surface area contributed by atoms with Crippen LogP contribution in [0.2, 0.25) is 0 Å². The molecule has 3 N–H and O–H groups in total. The molecule has 0 saturated carbocycles. The van der Waals surface area contributed by atoms with Crippen molar-refractivity contribution in [3.63, 3.8) is 0 Å². The second-order valence-corrected chi connectivity index (χ2v) is 6.67. The second kappa shape index (κ2) is 10.9. The third-order valence-electron chi connectivity index (χ3n) is 4.34. The van der Waals surface area contributed by atoms with Gasteiger partial charge in [0.15, 0.2) is 5.96 Å². The van der Waals surface area contributed by atoms with E-state index in [0.717, 1.165) is 38.4 Å². The largest absolute Gasteiger partial charge is 0.370 e. The molecule has 0 aliphatic carbocycles. The van der Waals surface area contributed by atoms with Gasteiger partial charge in [-0.1, -0.05) is 26.0 Å². The molecule has 1 fully saturated rings. The molecule has 0 unspecified atom stereocenters. The summed E-state index contributed by atoms with van der Waals surface area (Å²) in [4.78, 5) is 9.33. The molecule has 1 aromatic rings. The lowest BCUT2D eigenvalue weighted by atomic mass is 10.0. The lowest BCUT2D eigenvalue weighted by molar-refractivity contribution is 0.283. The zero-order chi connectivity index (χ0) is 16.7. The minimum atomic E-state index is 0. The van der Waals surface area contributed by atoms with Crippen molar-refractivity contribution in [2.24, 2.45) is 10.7 Å². The Morgan fingerprint density at radius 1 is 1.25 bits per heavy atom. The van der Waals surface area contributed by atoms with Gasteiger partial charge in [0.2, 0.25) is 0 Å². The molecule has 1 heterocycles. The van der Waals surface area contributed by atoms with Crippen molar-refractivity contribution in [1.82, 2.24) is 9.80 Å². The summed E-state index contributed by atoms with van der Waals surface area (Å²) in [7, 11) is 2.19. The molecule has 0 radical (unpaired) electrons. The summed E-state index contributed by atoms with van der Waals surface area (Å²) in [5.74, 6) is 1.01. The highest BCUT2D eigenvalue weighted by Gasteiger charge is 2.11. The second-order valence-electron chi connectivity index (χ2n) is 6.67. The highest BCUT2D eigenvalue weighted by atomic mass is 127. The van der Waals surface area contributed by atoms with E-state index in [-0.39, 0.29) is 24.0 Å². The maximum absolute atomic E-state index is 6.01. The first kappa shape index (κ1) is 21.2. The van der Waals surface area contributed by atoms with E-state index in [9.17, 15) is 0 Å². The molecule has 0 spiro atoms. The molecule has 24 heavy (non-hydrogen) atoms. The van der Waals surface area contributed by atoms with Crippen LogP contribution in [0, 0.1) is 0 Å². The van der Waals surface area contributed by atoms with Crippen molar-refractivity contribution in [2.45, 2.75) is 26.2 Å². The minimum Gasteiger partial charge on any atom is -0.370 e. The summed E-state index contributed by atoms with van der Waals surface area (Å²) in [5.41, 5.74) is 8.32. The van der Waals surface area contributed by atoms with Crippen LogP contribution in [0.4, 0.5) is 5.69 Å². The summed E-state index contributed by atoms with van der Waals surface area (Å²) in [6.07, 6.45) is 1.23. The van der Waals surface area contributed by atoms with Gasteiger partial charge in [0, 0.05) is 25.3 Å². The number of halogens is 1. The number of nitrogens with one attached hydrogen (secondary N) is 1. The Morgan fingerprint density at radius 2 is 2.04 bits per heavy atom. The summed E-state index contributed by atoms with van der Waals surface area (Å²) in [5, 5.41) is 3.20. The fraction of sp³-hybridized carbons (Fsp3) is 0.611. The number of aliphatic imine (C=N–C) groups is 1. The van der Waals surface area contributed by atoms with Crippen molar-refractivity contribution >= 4 is 35.6 Å². The minimum absolute atomic E-state index is 0. The zero-order valence-electron chi connectivity index (χ0n) is 15.2. The quantitative estimate of drug-likeness (QED) is 0.416. The first-order chi connectivity index (χ1) is 11.0. The van der Waals surface area contributed by atoms with Gasteiger partial charge in [-0.15, -0.1) is 24.0 Å². The third kappa shape index (κ3) is 7.36. The number of nitrogens with two attached hydrogens (primary N) is 1. The Labute approximate surface area is 163 Å². The van der Waals surface area contributed by atoms with Crippen molar-refractivity contribution in [1.29, 1.82) is 0 Å². The van der Waals surface area contributed by atoms with Crippen LogP contribution >= 0.6 is 24.0 Å². The van der Waals surface area contributed by atoms with Gasteiger partial charge < -0.3 is 20.9 Å². The molecule has 0 bridgehead atoms. The number of likely N-dealkylation sites (N-methyl/N-ethyl adjacent to an activating group) is 1. The normalized spacial score (nSPS) is 17.4. The summed E-state index contributed by atoms with van der Waals surface area (Å²) >= 11 is 0. The number of benzene rings is 1. The van der Waals surface area contributed by atoms with Crippen LogP contribution in [0.15, 0.2) is 29.3 Å². The highest BCUT2D eigenvalue weighted by molar-refractivity contribution is 14.0. The van der Waals surface area contributed by atoms with Gasteiger partial charge in [-0.3, -0.25) is 4.99 Å². The Kier molecular flexibility index (Phi) is 9.61. The van der Waals surface area contributed by atoms with Crippen LogP contribution < -0.4 is 11.1 Å². The maximum atomic E-state index is 6.01. The molecular formula is C18H32IN5. The fourth-order valence-electron chi connectivity index (χ4n) is 2.80. The van der Waals surface area contributed by atoms with Gasteiger partial charge in [-0.05, 0) is 50.2 Å². The number of guanidine groups is 1. The molecule has 1 aromatic carbocycles. The smallest absolute Gasteiger partial charge is 0.193 e. The van der Waals surface area contributed by atoms with E-state index in [4.69, 9.17) is 5.73 Å². The van der Waals surface area contributed by atoms with Crippen LogP contribution in [-0.2, 0) is 0 Å². The van der Waals surface area contributed by atoms with Crippen LogP contribution in [-0.4, -0.2) is 62.1 Å². The molecule has 136 valence electrons. The Bertz CT molecular complexity index is 518. The zero-order valence-corrected chi connectivity index (χ0v) is 17.5. The van der Waals surface area contributed by atoms with Crippen LogP contribution in [0.1, 0.15) is 31.7 Å². The van der Waals surface area contributed by atoms with Gasteiger partial charge in [-0.2, -0.15) is 0 Å². The summed E-state index contributed by atoms with van der Waals surface area (Å²) < 4.78 is 0. The van der Waals surface area contributed by atoms with Gasteiger partial charge in [0.1, 0.15) is 0 Å². The van der Waals surface area contributed by atoms with Crippen molar-refractivity contribution in [3.8, 4) is 0 Å². The lowest BCUT2D eigenvalue weighted by Crippen LogP contribution is -2.32. The lowest BCUT2D eigenvalue weighted by Gasteiger charge is -2.18. The van der Waals surface area contributed by atoms with Crippen molar-refractivity contribution in [3.05, 3.63) is 29.8 Å². The van der Waals surface area contributed by atoms with Gasteiger partial charge >= 0.3 is 0 Å². The van der Waals surface area contributed by atoms with Crippen LogP contribution in [0.25, 0.3) is 0 Å². The van der Waals surface area contributed by atoms with Gasteiger partial charge in [-0.25, -0.2) is 0 Å². The molecule has 1 saturated heterocycles. The topological polar surface area (TPSA) is 56.9 Å². The van der Waals surface area contributed by atoms with Gasteiger partial charge in [0.05, 0.1) is 6.54 Å². The fourth-order valence-corrected chi connectivity index (χ4v) is 2.80. The third-order valence-corrected chi connectivity index (χ3v) is 4.34. The van der Waals surface area contributed by atoms with Crippen LogP contribution in [0.3, 0.4) is 0 Å². The monoisotopic (exact) mass is 445 g/mol. The van der Waals surface area contributed by atoms with Gasteiger partial charge in [0.25, 0.3) is 0 Å². The van der Waals surface area contributed by atoms with E-state index in [1.807, 2.05) is 6.07 Å². The number of hydrogen-bond donors (Lipinski definition) is 2. The summed E-state index contributed by atoms with van der Waals surface area (Å²) in [6.45, 7) is 10.7. The highest BCUT2D eigenvalue weighted by Crippen LogP contribution is 2.18. The van der Waals surface area contributed by atoms with Crippen molar-refractivity contribution in [2.75, 3.05) is 51.6 Å².